The van der Waals surface area contributed by atoms with Gasteiger partial charge in [-0.1, -0.05) is 78.9 Å². The lowest BCUT2D eigenvalue weighted by atomic mass is 9.79. The van der Waals surface area contributed by atoms with Crippen molar-refractivity contribution in [3.05, 3.63) is 131 Å². The molecule has 0 heterocycles. The molecule has 0 unspecified atom stereocenters. The Labute approximate surface area is 183 Å². The summed E-state index contributed by atoms with van der Waals surface area (Å²) in [5.41, 5.74) is 8.66. The maximum absolute atomic E-state index is 9.79. The first kappa shape index (κ1) is 19.2. The number of phenolic OH excluding ortho intramolecular Hbond substituents is 1. The summed E-state index contributed by atoms with van der Waals surface area (Å²) in [6.07, 6.45) is 1.94. The molecule has 0 bridgehead atoms. The molecule has 0 atom stereocenters. The Morgan fingerprint density at radius 2 is 1.39 bits per heavy atom. The highest BCUT2D eigenvalue weighted by Gasteiger charge is 2.22. The second kappa shape index (κ2) is 8.53. The number of phenols is 1. The van der Waals surface area contributed by atoms with E-state index in [1.807, 2.05) is 30.3 Å². The molecule has 1 aliphatic carbocycles. The topological polar surface area (TPSA) is 29.5 Å². The summed E-state index contributed by atoms with van der Waals surface area (Å²) >= 11 is 0. The van der Waals surface area contributed by atoms with Crippen LogP contribution in [-0.4, -0.2) is 5.11 Å². The van der Waals surface area contributed by atoms with E-state index in [1.54, 1.807) is 12.1 Å². The van der Waals surface area contributed by atoms with Crippen LogP contribution in [0, 0.1) is 0 Å². The van der Waals surface area contributed by atoms with Crippen molar-refractivity contribution in [3.63, 3.8) is 0 Å². The second-order valence-electron chi connectivity index (χ2n) is 7.86. The zero-order valence-corrected chi connectivity index (χ0v) is 17.3. The zero-order valence-electron chi connectivity index (χ0n) is 17.3. The molecule has 4 aromatic rings. The highest BCUT2D eigenvalue weighted by atomic mass is 16.5. The van der Waals surface area contributed by atoms with E-state index >= 15 is 0 Å². The number of rotatable bonds is 5. The van der Waals surface area contributed by atoms with Crippen LogP contribution in [-0.2, 0) is 13.0 Å². The highest BCUT2D eigenvalue weighted by molar-refractivity contribution is 6.00. The number of aromatic hydroxyl groups is 1. The van der Waals surface area contributed by atoms with Crippen LogP contribution in [0.4, 0.5) is 0 Å². The Morgan fingerprint density at radius 3 is 2.13 bits per heavy atom. The normalized spacial score (nSPS) is 13.0. The Bertz CT molecular complexity index is 1210. The standard InChI is InChI=1S/C29H24O2/c30-25-14-11-23(12-15-25)29-27(22-9-5-2-6-10-22)17-13-24-19-26(16-18-28(24)29)31-20-21-7-3-1-4-8-21/h1-12,14-16,18-19,30H,13,17,20H2. The first-order valence-corrected chi connectivity index (χ1v) is 10.7. The molecule has 1 N–H and O–H groups in total. The van der Waals surface area contributed by atoms with E-state index in [4.69, 9.17) is 4.74 Å². The lowest BCUT2D eigenvalue weighted by Crippen LogP contribution is -2.07. The number of hydrogen-bond donors (Lipinski definition) is 1. The number of allylic oxidation sites excluding steroid dienone is 1. The highest BCUT2D eigenvalue weighted by Crippen LogP contribution is 2.42. The van der Waals surface area contributed by atoms with Gasteiger partial charge in [0, 0.05) is 0 Å². The van der Waals surface area contributed by atoms with Crippen molar-refractivity contribution in [3.8, 4) is 11.5 Å². The monoisotopic (exact) mass is 404 g/mol. The number of ether oxygens (including phenoxy) is 1. The van der Waals surface area contributed by atoms with Crippen molar-refractivity contribution >= 4 is 11.1 Å². The fraction of sp³-hybridized carbons (Fsp3) is 0.103. The number of benzene rings is 4. The molecule has 0 aromatic heterocycles. The van der Waals surface area contributed by atoms with Crippen molar-refractivity contribution in [2.45, 2.75) is 19.4 Å². The minimum Gasteiger partial charge on any atom is -0.508 e. The smallest absolute Gasteiger partial charge is 0.120 e. The Hall–Kier alpha value is -3.78. The fourth-order valence-electron chi connectivity index (χ4n) is 4.28. The van der Waals surface area contributed by atoms with Crippen LogP contribution in [0.2, 0.25) is 0 Å². The van der Waals surface area contributed by atoms with Gasteiger partial charge in [0.15, 0.2) is 0 Å². The van der Waals surface area contributed by atoms with Crippen molar-refractivity contribution in [1.29, 1.82) is 0 Å². The molecule has 31 heavy (non-hydrogen) atoms. The van der Waals surface area contributed by atoms with Gasteiger partial charge in [-0.3, -0.25) is 0 Å². The predicted molar refractivity (Wildman–Crippen MR) is 126 cm³/mol. The van der Waals surface area contributed by atoms with Crippen LogP contribution >= 0.6 is 0 Å². The van der Waals surface area contributed by atoms with Gasteiger partial charge in [-0.05, 0) is 76.1 Å². The summed E-state index contributed by atoms with van der Waals surface area (Å²) in [4.78, 5) is 0. The quantitative estimate of drug-likeness (QED) is 0.393. The van der Waals surface area contributed by atoms with Crippen LogP contribution in [0.1, 0.15) is 34.2 Å². The molecule has 5 rings (SSSR count). The molecule has 2 nitrogen and oxygen atoms in total. The third kappa shape index (κ3) is 4.10. The van der Waals surface area contributed by atoms with E-state index in [1.165, 1.54) is 27.8 Å². The third-order valence-corrected chi connectivity index (χ3v) is 5.82. The SMILES string of the molecule is Oc1ccc(C2=C(c3ccccc3)CCc3cc(OCc4ccccc4)ccc32)cc1. The average molecular weight is 405 g/mol. The van der Waals surface area contributed by atoms with Gasteiger partial charge in [-0.2, -0.15) is 0 Å². The van der Waals surface area contributed by atoms with E-state index in [-0.39, 0.29) is 5.75 Å². The summed E-state index contributed by atoms with van der Waals surface area (Å²) in [5, 5.41) is 9.79. The van der Waals surface area contributed by atoms with E-state index in [9.17, 15) is 5.11 Å². The van der Waals surface area contributed by atoms with Gasteiger partial charge < -0.3 is 9.84 Å². The molecule has 0 fully saturated rings. The average Bonchev–Trinajstić information content (AvgIpc) is 2.84. The number of fused-ring (bicyclic) bond motifs is 1. The van der Waals surface area contributed by atoms with Crippen LogP contribution in [0.15, 0.2) is 103 Å². The van der Waals surface area contributed by atoms with Crippen LogP contribution in [0.5, 0.6) is 11.5 Å². The summed E-state index contributed by atoms with van der Waals surface area (Å²) in [6.45, 7) is 0.565. The van der Waals surface area contributed by atoms with Crippen molar-refractivity contribution in [1.82, 2.24) is 0 Å². The first-order valence-electron chi connectivity index (χ1n) is 10.7. The molecule has 152 valence electrons. The van der Waals surface area contributed by atoms with Crippen LogP contribution < -0.4 is 4.74 Å². The van der Waals surface area contributed by atoms with E-state index in [0.29, 0.717) is 6.61 Å². The second-order valence-corrected chi connectivity index (χ2v) is 7.86. The van der Waals surface area contributed by atoms with Gasteiger partial charge in [0.05, 0.1) is 0 Å². The number of aryl methyl sites for hydroxylation is 1. The van der Waals surface area contributed by atoms with E-state index in [2.05, 4.69) is 60.7 Å². The van der Waals surface area contributed by atoms with Gasteiger partial charge in [-0.15, -0.1) is 0 Å². The Morgan fingerprint density at radius 1 is 0.677 bits per heavy atom. The summed E-state index contributed by atoms with van der Waals surface area (Å²) in [7, 11) is 0. The Kier molecular flexibility index (Phi) is 5.28. The van der Waals surface area contributed by atoms with Crippen LogP contribution in [0.25, 0.3) is 11.1 Å². The minimum atomic E-state index is 0.284. The molecule has 0 saturated heterocycles. The molecular formula is C29H24O2. The molecule has 0 radical (unpaired) electrons. The van der Waals surface area contributed by atoms with Gasteiger partial charge in [0.1, 0.15) is 18.1 Å². The van der Waals surface area contributed by atoms with Gasteiger partial charge in [0.25, 0.3) is 0 Å². The third-order valence-electron chi connectivity index (χ3n) is 5.82. The zero-order chi connectivity index (χ0) is 21.0. The van der Waals surface area contributed by atoms with Crippen molar-refractivity contribution < 1.29 is 9.84 Å². The van der Waals surface area contributed by atoms with E-state index < -0.39 is 0 Å². The maximum Gasteiger partial charge on any atom is 0.120 e. The molecule has 4 aromatic carbocycles. The van der Waals surface area contributed by atoms with Crippen LogP contribution in [0.3, 0.4) is 0 Å². The first-order chi connectivity index (χ1) is 15.3. The van der Waals surface area contributed by atoms with E-state index in [0.717, 1.165) is 29.7 Å². The summed E-state index contributed by atoms with van der Waals surface area (Å²) in [5.74, 6) is 1.18. The lowest BCUT2D eigenvalue weighted by molar-refractivity contribution is 0.306. The van der Waals surface area contributed by atoms with Gasteiger partial charge in [0.2, 0.25) is 0 Å². The minimum absolute atomic E-state index is 0.284. The Balaban J connectivity index is 1.54. The van der Waals surface area contributed by atoms with Crippen molar-refractivity contribution in [2.24, 2.45) is 0 Å². The molecule has 0 aliphatic heterocycles. The summed E-state index contributed by atoms with van der Waals surface area (Å²) < 4.78 is 6.08. The largest absolute Gasteiger partial charge is 0.508 e. The molecular weight excluding hydrogens is 380 g/mol. The van der Waals surface area contributed by atoms with Gasteiger partial charge >= 0.3 is 0 Å². The maximum atomic E-state index is 9.79. The molecule has 0 amide bonds. The molecule has 1 aliphatic rings. The molecule has 2 heteroatoms. The van der Waals surface area contributed by atoms with Crippen molar-refractivity contribution in [2.75, 3.05) is 0 Å². The lowest BCUT2D eigenvalue weighted by Gasteiger charge is -2.25. The van der Waals surface area contributed by atoms with Gasteiger partial charge in [-0.25, -0.2) is 0 Å². The molecule has 0 spiro atoms. The molecule has 0 saturated carbocycles. The predicted octanol–water partition coefficient (Wildman–Crippen LogP) is 6.88. The summed E-state index contributed by atoms with van der Waals surface area (Å²) in [6, 6.07) is 34.8. The number of hydrogen-bond acceptors (Lipinski definition) is 2. The fourth-order valence-corrected chi connectivity index (χ4v) is 4.28.